The van der Waals surface area contributed by atoms with Crippen molar-refractivity contribution in [2.75, 3.05) is 6.61 Å². The number of benzene rings is 2. The number of aliphatic carboxylic acids is 1. The summed E-state index contributed by atoms with van der Waals surface area (Å²) >= 11 is 0. The van der Waals surface area contributed by atoms with Crippen molar-refractivity contribution in [3.63, 3.8) is 0 Å². The molecule has 4 rings (SSSR count). The summed E-state index contributed by atoms with van der Waals surface area (Å²) in [7, 11) is 0. The predicted octanol–water partition coefficient (Wildman–Crippen LogP) is 3.60. The van der Waals surface area contributed by atoms with Crippen molar-refractivity contribution in [3.05, 3.63) is 65.2 Å². The molecule has 0 aromatic heterocycles. The van der Waals surface area contributed by atoms with Gasteiger partial charge in [0.1, 0.15) is 5.75 Å². The van der Waals surface area contributed by atoms with Gasteiger partial charge in [-0.05, 0) is 48.1 Å². The highest BCUT2D eigenvalue weighted by Gasteiger charge is 2.61. The lowest BCUT2D eigenvalue weighted by atomic mass is 9.95. The third-order valence-corrected chi connectivity index (χ3v) is 5.33. The zero-order valence-electron chi connectivity index (χ0n) is 13.0. The molecule has 3 heteroatoms. The first-order valence-electron chi connectivity index (χ1n) is 8.22. The quantitative estimate of drug-likeness (QED) is 0.918. The standard InChI is InChI=1S/C20H20O3/c21-19(22)18-13-20(18)10-8-15-6-7-16(12-17(15)20)23-11-9-14-4-2-1-3-5-14/h1-7,12,18H,8-11,13H2,(H,21,22)/t18-,20-/m0/s1. The van der Waals surface area contributed by atoms with E-state index in [-0.39, 0.29) is 11.3 Å². The van der Waals surface area contributed by atoms with Crippen LogP contribution in [0.5, 0.6) is 5.75 Å². The Kier molecular flexibility index (Phi) is 3.37. The average Bonchev–Trinajstić information content (AvgIpc) is 3.20. The number of hydrogen-bond acceptors (Lipinski definition) is 2. The van der Waals surface area contributed by atoms with E-state index < -0.39 is 5.97 Å². The molecule has 3 nitrogen and oxygen atoms in total. The molecule has 0 saturated heterocycles. The van der Waals surface area contributed by atoms with E-state index in [1.165, 1.54) is 16.7 Å². The van der Waals surface area contributed by atoms with Crippen LogP contribution >= 0.6 is 0 Å². The second kappa shape index (κ2) is 5.41. The fourth-order valence-electron chi connectivity index (χ4n) is 3.95. The molecule has 0 bridgehead atoms. The van der Waals surface area contributed by atoms with Gasteiger partial charge >= 0.3 is 5.97 Å². The second-order valence-electron chi connectivity index (χ2n) is 6.65. The summed E-state index contributed by atoms with van der Waals surface area (Å²) in [5, 5.41) is 9.31. The number of carboxylic acids is 1. The molecule has 1 spiro atoms. The van der Waals surface area contributed by atoms with Crippen molar-refractivity contribution < 1.29 is 14.6 Å². The topological polar surface area (TPSA) is 46.5 Å². The number of aryl methyl sites for hydroxylation is 1. The van der Waals surface area contributed by atoms with Gasteiger partial charge in [0.15, 0.2) is 0 Å². The Bertz CT molecular complexity index is 738. The van der Waals surface area contributed by atoms with Crippen LogP contribution in [0, 0.1) is 5.92 Å². The highest BCUT2D eigenvalue weighted by molar-refractivity contribution is 5.78. The molecule has 23 heavy (non-hydrogen) atoms. The van der Waals surface area contributed by atoms with Crippen molar-refractivity contribution >= 4 is 5.97 Å². The first-order valence-corrected chi connectivity index (χ1v) is 8.22. The van der Waals surface area contributed by atoms with Crippen molar-refractivity contribution in [2.45, 2.75) is 31.1 Å². The maximum Gasteiger partial charge on any atom is 0.307 e. The SMILES string of the molecule is O=C(O)[C@@H]1C[C@]12CCc1ccc(OCCc3ccccc3)cc12. The Morgan fingerprint density at radius 1 is 1.22 bits per heavy atom. The molecule has 0 heterocycles. The highest BCUT2D eigenvalue weighted by atomic mass is 16.5. The molecule has 1 N–H and O–H groups in total. The predicted molar refractivity (Wildman–Crippen MR) is 87.8 cm³/mol. The maximum absolute atomic E-state index is 11.3. The van der Waals surface area contributed by atoms with Gasteiger partial charge < -0.3 is 9.84 Å². The van der Waals surface area contributed by atoms with E-state index >= 15 is 0 Å². The summed E-state index contributed by atoms with van der Waals surface area (Å²) in [5.74, 6) is -0.00596. The lowest BCUT2D eigenvalue weighted by Crippen LogP contribution is -2.12. The molecular weight excluding hydrogens is 288 g/mol. The fourth-order valence-corrected chi connectivity index (χ4v) is 3.95. The normalized spacial score (nSPS) is 24.4. The van der Waals surface area contributed by atoms with Crippen molar-refractivity contribution in [1.29, 1.82) is 0 Å². The molecule has 2 aromatic carbocycles. The van der Waals surface area contributed by atoms with Crippen LogP contribution in [0.15, 0.2) is 48.5 Å². The molecule has 0 radical (unpaired) electrons. The van der Waals surface area contributed by atoms with E-state index in [4.69, 9.17) is 4.74 Å². The van der Waals surface area contributed by atoms with Crippen molar-refractivity contribution in [2.24, 2.45) is 5.92 Å². The van der Waals surface area contributed by atoms with Gasteiger partial charge in [0.25, 0.3) is 0 Å². The zero-order chi connectivity index (χ0) is 15.9. The summed E-state index contributed by atoms with van der Waals surface area (Å²) in [4.78, 5) is 11.3. The Morgan fingerprint density at radius 2 is 2.04 bits per heavy atom. The van der Waals surface area contributed by atoms with Gasteiger partial charge in [-0.25, -0.2) is 0 Å². The lowest BCUT2D eigenvalue weighted by Gasteiger charge is -2.12. The summed E-state index contributed by atoms with van der Waals surface area (Å²) in [6.07, 6.45) is 3.61. The Balaban J connectivity index is 1.46. The first kappa shape index (κ1) is 14.3. The van der Waals surface area contributed by atoms with E-state index in [1.807, 2.05) is 24.3 Å². The smallest absolute Gasteiger partial charge is 0.307 e. The Morgan fingerprint density at radius 3 is 2.78 bits per heavy atom. The third kappa shape index (κ3) is 2.50. The van der Waals surface area contributed by atoms with Crippen LogP contribution in [0.4, 0.5) is 0 Å². The Hall–Kier alpha value is -2.29. The second-order valence-corrected chi connectivity index (χ2v) is 6.65. The molecule has 1 fully saturated rings. The summed E-state index contributed by atoms with van der Waals surface area (Å²) in [6, 6.07) is 16.5. The van der Waals surface area contributed by atoms with Gasteiger partial charge in [0.2, 0.25) is 0 Å². The summed E-state index contributed by atoms with van der Waals surface area (Å²) in [6.45, 7) is 0.637. The maximum atomic E-state index is 11.3. The molecule has 2 atom stereocenters. The molecule has 2 aromatic rings. The van der Waals surface area contributed by atoms with E-state index in [1.54, 1.807) is 0 Å². The first-order chi connectivity index (χ1) is 11.2. The van der Waals surface area contributed by atoms with Gasteiger partial charge in [0.05, 0.1) is 12.5 Å². The minimum atomic E-state index is -0.659. The van der Waals surface area contributed by atoms with Gasteiger partial charge in [0, 0.05) is 11.8 Å². The number of hydrogen-bond donors (Lipinski definition) is 1. The molecule has 0 amide bonds. The van der Waals surface area contributed by atoms with Crippen LogP contribution in [-0.4, -0.2) is 17.7 Å². The van der Waals surface area contributed by atoms with Gasteiger partial charge in [-0.15, -0.1) is 0 Å². The molecule has 0 aliphatic heterocycles. The van der Waals surface area contributed by atoms with Crippen LogP contribution in [-0.2, 0) is 23.1 Å². The zero-order valence-corrected chi connectivity index (χ0v) is 13.0. The number of fused-ring (bicyclic) bond motifs is 2. The molecule has 1 saturated carbocycles. The number of carbonyl (C=O) groups is 1. The highest BCUT2D eigenvalue weighted by Crippen LogP contribution is 2.61. The summed E-state index contributed by atoms with van der Waals surface area (Å²) in [5.41, 5.74) is 3.66. The van der Waals surface area contributed by atoms with E-state index in [0.29, 0.717) is 6.61 Å². The average molecular weight is 308 g/mol. The number of ether oxygens (including phenoxy) is 1. The van der Waals surface area contributed by atoms with Gasteiger partial charge in [-0.1, -0.05) is 36.4 Å². The number of rotatable bonds is 5. The third-order valence-electron chi connectivity index (χ3n) is 5.33. The van der Waals surface area contributed by atoms with Crippen molar-refractivity contribution in [1.82, 2.24) is 0 Å². The molecular formula is C20H20O3. The number of carboxylic acid groups (broad SMARTS) is 1. The minimum absolute atomic E-state index is 0.111. The monoisotopic (exact) mass is 308 g/mol. The fraction of sp³-hybridized carbons (Fsp3) is 0.350. The largest absolute Gasteiger partial charge is 0.493 e. The minimum Gasteiger partial charge on any atom is -0.493 e. The van der Waals surface area contributed by atoms with E-state index in [2.05, 4.69) is 24.3 Å². The van der Waals surface area contributed by atoms with E-state index in [9.17, 15) is 9.90 Å². The van der Waals surface area contributed by atoms with Gasteiger partial charge in [-0.2, -0.15) is 0 Å². The molecule has 0 unspecified atom stereocenters. The van der Waals surface area contributed by atoms with Crippen LogP contribution in [0.1, 0.15) is 29.5 Å². The lowest BCUT2D eigenvalue weighted by molar-refractivity contribution is -0.139. The van der Waals surface area contributed by atoms with Crippen LogP contribution in [0.25, 0.3) is 0 Å². The Labute approximate surface area is 135 Å². The van der Waals surface area contributed by atoms with Gasteiger partial charge in [-0.3, -0.25) is 4.79 Å². The molecule has 2 aliphatic carbocycles. The van der Waals surface area contributed by atoms with E-state index in [0.717, 1.165) is 31.4 Å². The molecule has 2 aliphatic rings. The van der Waals surface area contributed by atoms with Crippen LogP contribution in [0.3, 0.4) is 0 Å². The van der Waals surface area contributed by atoms with Crippen LogP contribution < -0.4 is 4.74 Å². The molecule has 118 valence electrons. The summed E-state index contributed by atoms with van der Waals surface area (Å²) < 4.78 is 5.90. The van der Waals surface area contributed by atoms with Crippen LogP contribution in [0.2, 0.25) is 0 Å². The van der Waals surface area contributed by atoms with Crippen molar-refractivity contribution in [3.8, 4) is 5.75 Å².